The summed E-state index contributed by atoms with van der Waals surface area (Å²) < 4.78 is 0. The van der Waals surface area contributed by atoms with Crippen molar-refractivity contribution in [3.8, 4) is 0 Å². The summed E-state index contributed by atoms with van der Waals surface area (Å²) in [6.45, 7) is 5.92. The number of H-pyrrole nitrogens is 1. The molecule has 0 fully saturated rings. The lowest BCUT2D eigenvalue weighted by Crippen LogP contribution is -2.22. The third-order valence-corrected chi connectivity index (χ3v) is 3.65. The number of aromatic nitrogens is 2. The smallest absolute Gasteiger partial charge is 0.261 e. The molecule has 1 amide bonds. The fraction of sp³-hybridized carbons (Fsp3) is 0.364. The van der Waals surface area contributed by atoms with Crippen molar-refractivity contribution in [1.29, 1.82) is 0 Å². The highest BCUT2D eigenvalue weighted by atomic mass is 32.1. The Hall–Kier alpha value is -1.69. The van der Waals surface area contributed by atoms with E-state index in [1.54, 1.807) is 13.8 Å². The van der Waals surface area contributed by atoms with Gasteiger partial charge in [0.15, 0.2) is 0 Å². The SMILES string of the molecule is CCNC(=O)c1sc2nc(C)[nH]c(=O)c2c1C. The molecule has 90 valence electrons. The molecule has 2 N–H and O–H groups in total. The second kappa shape index (κ2) is 4.29. The van der Waals surface area contributed by atoms with Gasteiger partial charge in [-0.25, -0.2) is 4.98 Å². The van der Waals surface area contributed by atoms with Gasteiger partial charge in [-0.05, 0) is 26.3 Å². The molecule has 0 aliphatic rings. The molecule has 0 radical (unpaired) electrons. The van der Waals surface area contributed by atoms with Crippen molar-refractivity contribution >= 4 is 27.5 Å². The molecule has 0 aromatic carbocycles. The normalized spacial score (nSPS) is 10.8. The molecule has 0 saturated heterocycles. The summed E-state index contributed by atoms with van der Waals surface area (Å²) in [5.74, 6) is 0.413. The van der Waals surface area contributed by atoms with Gasteiger partial charge in [0.25, 0.3) is 11.5 Å². The first-order chi connectivity index (χ1) is 8.04. The number of amides is 1. The van der Waals surface area contributed by atoms with Crippen LogP contribution in [0.4, 0.5) is 0 Å². The van der Waals surface area contributed by atoms with E-state index in [1.807, 2.05) is 6.92 Å². The fourth-order valence-corrected chi connectivity index (χ4v) is 2.85. The standard InChI is InChI=1S/C11H13N3O2S/c1-4-12-10(16)8-5(2)7-9(15)13-6(3)14-11(7)17-8/h4H2,1-3H3,(H,12,16)(H,13,14,15). The maximum atomic E-state index is 11.8. The average Bonchev–Trinajstić information content (AvgIpc) is 2.56. The molecule has 2 aromatic heterocycles. The number of hydrogen-bond acceptors (Lipinski definition) is 4. The van der Waals surface area contributed by atoms with Gasteiger partial charge in [-0.15, -0.1) is 11.3 Å². The van der Waals surface area contributed by atoms with Gasteiger partial charge in [0, 0.05) is 6.54 Å². The number of aryl methyl sites for hydroxylation is 2. The van der Waals surface area contributed by atoms with Crippen LogP contribution < -0.4 is 10.9 Å². The minimum atomic E-state index is -0.184. The van der Waals surface area contributed by atoms with Gasteiger partial charge >= 0.3 is 0 Å². The monoisotopic (exact) mass is 251 g/mol. The molecule has 0 saturated carbocycles. The van der Waals surface area contributed by atoms with Gasteiger partial charge in [0.1, 0.15) is 10.7 Å². The Morgan fingerprint density at radius 2 is 2.18 bits per heavy atom. The molecule has 0 atom stereocenters. The first-order valence-electron chi connectivity index (χ1n) is 5.32. The Morgan fingerprint density at radius 3 is 2.82 bits per heavy atom. The Morgan fingerprint density at radius 1 is 1.47 bits per heavy atom. The van der Waals surface area contributed by atoms with E-state index >= 15 is 0 Å². The van der Waals surface area contributed by atoms with E-state index in [0.717, 1.165) is 0 Å². The molecule has 0 bridgehead atoms. The summed E-state index contributed by atoms with van der Waals surface area (Å²) >= 11 is 1.26. The predicted molar refractivity (Wildman–Crippen MR) is 67.7 cm³/mol. The van der Waals surface area contributed by atoms with Crippen LogP contribution in [-0.4, -0.2) is 22.4 Å². The first kappa shape index (κ1) is 11.8. The highest BCUT2D eigenvalue weighted by Crippen LogP contribution is 2.26. The molecule has 0 aliphatic heterocycles. The number of carbonyl (C=O) groups excluding carboxylic acids is 1. The van der Waals surface area contributed by atoms with Crippen LogP contribution in [0.2, 0.25) is 0 Å². The lowest BCUT2D eigenvalue weighted by atomic mass is 10.2. The minimum Gasteiger partial charge on any atom is -0.352 e. The quantitative estimate of drug-likeness (QED) is 0.846. The van der Waals surface area contributed by atoms with E-state index < -0.39 is 0 Å². The molecule has 0 spiro atoms. The second-order valence-corrected chi connectivity index (χ2v) is 4.75. The van der Waals surface area contributed by atoms with Crippen molar-refractivity contribution in [2.24, 2.45) is 0 Å². The van der Waals surface area contributed by atoms with Gasteiger partial charge in [-0.2, -0.15) is 0 Å². The van der Waals surface area contributed by atoms with Crippen LogP contribution >= 0.6 is 11.3 Å². The van der Waals surface area contributed by atoms with Crippen molar-refractivity contribution in [2.45, 2.75) is 20.8 Å². The van der Waals surface area contributed by atoms with Crippen LogP contribution in [-0.2, 0) is 0 Å². The van der Waals surface area contributed by atoms with E-state index in [-0.39, 0.29) is 11.5 Å². The third kappa shape index (κ3) is 1.95. The van der Waals surface area contributed by atoms with Crippen LogP contribution in [0.5, 0.6) is 0 Å². The summed E-state index contributed by atoms with van der Waals surface area (Å²) in [7, 11) is 0. The molecule has 6 heteroatoms. The predicted octanol–water partition coefficient (Wildman–Crippen LogP) is 1.35. The molecule has 2 aromatic rings. The topological polar surface area (TPSA) is 74.8 Å². The zero-order valence-corrected chi connectivity index (χ0v) is 10.7. The van der Waals surface area contributed by atoms with E-state index in [1.165, 1.54) is 11.3 Å². The fourth-order valence-electron chi connectivity index (χ4n) is 1.71. The van der Waals surface area contributed by atoms with Crippen molar-refractivity contribution in [3.63, 3.8) is 0 Å². The zero-order valence-electron chi connectivity index (χ0n) is 9.88. The summed E-state index contributed by atoms with van der Waals surface area (Å²) in [6.07, 6.45) is 0. The molecule has 2 heterocycles. The van der Waals surface area contributed by atoms with Gasteiger partial charge in [0.05, 0.1) is 10.3 Å². The average molecular weight is 251 g/mol. The molecular weight excluding hydrogens is 238 g/mol. The van der Waals surface area contributed by atoms with Crippen LogP contribution in [0, 0.1) is 13.8 Å². The maximum absolute atomic E-state index is 11.8. The van der Waals surface area contributed by atoms with Gasteiger partial charge < -0.3 is 10.3 Å². The molecule has 2 rings (SSSR count). The summed E-state index contributed by atoms with van der Waals surface area (Å²) in [5, 5.41) is 3.24. The van der Waals surface area contributed by atoms with E-state index in [4.69, 9.17) is 0 Å². The Balaban J connectivity index is 2.69. The summed E-state index contributed by atoms with van der Waals surface area (Å²) in [4.78, 5) is 31.7. The van der Waals surface area contributed by atoms with Crippen LogP contribution in [0.15, 0.2) is 4.79 Å². The number of hydrogen-bond donors (Lipinski definition) is 2. The van der Waals surface area contributed by atoms with E-state index in [0.29, 0.717) is 33.0 Å². The number of nitrogens with zero attached hydrogens (tertiary/aromatic N) is 1. The first-order valence-corrected chi connectivity index (χ1v) is 6.14. The summed E-state index contributed by atoms with van der Waals surface area (Å²) in [5.41, 5.74) is 0.515. The van der Waals surface area contributed by atoms with Crippen molar-refractivity contribution in [3.05, 3.63) is 26.6 Å². The van der Waals surface area contributed by atoms with E-state index in [2.05, 4.69) is 15.3 Å². The number of aromatic amines is 1. The van der Waals surface area contributed by atoms with Crippen LogP contribution in [0.1, 0.15) is 28.0 Å². The number of fused-ring (bicyclic) bond motifs is 1. The van der Waals surface area contributed by atoms with Crippen LogP contribution in [0.25, 0.3) is 10.2 Å². The highest BCUT2D eigenvalue weighted by Gasteiger charge is 2.17. The molecule has 5 nitrogen and oxygen atoms in total. The van der Waals surface area contributed by atoms with E-state index in [9.17, 15) is 9.59 Å². The molecular formula is C11H13N3O2S. The number of thiophene rings is 1. The van der Waals surface area contributed by atoms with Crippen LogP contribution in [0.3, 0.4) is 0 Å². The van der Waals surface area contributed by atoms with Gasteiger partial charge in [-0.1, -0.05) is 0 Å². The largest absolute Gasteiger partial charge is 0.352 e. The molecule has 0 unspecified atom stereocenters. The maximum Gasteiger partial charge on any atom is 0.261 e. The highest BCUT2D eigenvalue weighted by molar-refractivity contribution is 7.20. The number of nitrogens with one attached hydrogen (secondary N) is 2. The van der Waals surface area contributed by atoms with Crippen molar-refractivity contribution in [2.75, 3.05) is 6.54 Å². The Kier molecular flexibility index (Phi) is 2.97. The Labute approximate surface area is 102 Å². The van der Waals surface area contributed by atoms with Crippen molar-refractivity contribution in [1.82, 2.24) is 15.3 Å². The van der Waals surface area contributed by atoms with Gasteiger partial charge in [-0.3, -0.25) is 9.59 Å². The number of rotatable bonds is 2. The van der Waals surface area contributed by atoms with Gasteiger partial charge in [0.2, 0.25) is 0 Å². The van der Waals surface area contributed by atoms with Crippen molar-refractivity contribution < 1.29 is 4.79 Å². The summed E-state index contributed by atoms with van der Waals surface area (Å²) in [6, 6.07) is 0. The second-order valence-electron chi connectivity index (χ2n) is 3.75. The Bertz CT molecular complexity index is 642. The minimum absolute atomic E-state index is 0.148. The number of carbonyl (C=O) groups is 1. The lowest BCUT2D eigenvalue weighted by molar-refractivity contribution is 0.0959. The molecule has 0 aliphatic carbocycles. The third-order valence-electron chi connectivity index (χ3n) is 2.46. The zero-order chi connectivity index (χ0) is 12.6. The lowest BCUT2D eigenvalue weighted by Gasteiger charge is -1.99. The molecule has 17 heavy (non-hydrogen) atoms.